The number of carbonyl (C=O) groups excluding carboxylic acids is 1. The zero-order chi connectivity index (χ0) is 19.7. The maximum Gasteiger partial charge on any atom is 0.223 e. The summed E-state index contributed by atoms with van der Waals surface area (Å²) in [5.74, 6) is 0.676. The lowest BCUT2D eigenvalue weighted by molar-refractivity contribution is -0.126. The molecule has 0 atom stereocenters. The SMILES string of the molecule is O=C(NC1CCCCCCCCCCCC1)C1CCCCCCCCCCC1. The third-order valence-electron chi connectivity index (χ3n) is 7.18. The standard InChI is InChI=1S/C26H49NO/c28-26(24-20-16-12-8-4-3-5-9-13-17-21-24)27-25-22-18-14-10-6-1-2-7-11-15-19-23-25/h24-25H,1-23H2,(H,27,28). The lowest BCUT2D eigenvalue weighted by Crippen LogP contribution is -2.39. The van der Waals surface area contributed by atoms with E-state index in [4.69, 9.17) is 0 Å². The van der Waals surface area contributed by atoms with E-state index in [0.717, 1.165) is 12.8 Å². The number of rotatable bonds is 2. The summed E-state index contributed by atoms with van der Waals surface area (Å²) in [6.07, 6.45) is 30.6. The van der Waals surface area contributed by atoms with Crippen LogP contribution in [0, 0.1) is 5.92 Å². The second-order valence-corrected chi connectivity index (χ2v) is 9.77. The minimum absolute atomic E-state index is 0.281. The van der Waals surface area contributed by atoms with Gasteiger partial charge in [0.05, 0.1) is 0 Å². The van der Waals surface area contributed by atoms with Crippen LogP contribution in [0.1, 0.15) is 148 Å². The third-order valence-corrected chi connectivity index (χ3v) is 7.18. The molecule has 1 amide bonds. The second kappa shape index (κ2) is 16.3. The van der Waals surface area contributed by atoms with E-state index in [1.165, 1.54) is 135 Å². The van der Waals surface area contributed by atoms with Gasteiger partial charge in [-0.25, -0.2) is 0 Å². The van der Waals surface area contributed by atoms with Gasteiger partial charge >= 0.3 is 0 Å². The smallest absolute Gasteiger partial charge is 0.223 e. The maximum absolute atomic E-state index is 13.1. The van der Waals surface area contributed by atoms with Crippen LogP contribution in [-0.2, 0) is 4.79 Å². The number of amides is 1. The normalized spacial score (nSPS) is 24.6. The molecule has 0 aromatic rings. The van der Waals surface area contributed by atoms with Crippen LogP contribution in [0.3, 0.4) is 0 Å². The van der Waals surface area contributed by atoms with Crippen molar-refractivity contribution in [3.8, 4) is 0 Å². The zero-order valence-electron chi connectivity index (χ0n) is 18.8. The van der Waals surface area contributed by atoms with Crippen LogP contribution in [0.15, 0.2) is 0 Å². The Bertz CT molecular complexity index is 355. The Hall–Kier alpha value is -0.530. The molecule has 2 aliphatic carbocycles. The summed E-state index contributed by atoms with van der Waals surface area (Å²) >= 11 is 0. The first kappa shape index (κ1) is 23.7. The summed E-state index contributed by atoms with van der Waals surface area (Å²) in [6, 6.07) is 0.439. The van der Waals surface area contributed by atoms with Crippen molar-refractivity contribution in [2.75, 3.05) is 0 Å². The summed E-state index contributed by atoms with van der Waals surface area (Å²) in [5, 5.41) is 3.53. The predicted octanol–water partition coefficient (Wildman–Crippen LogP) is 8.09. The summed E-state index contributed by atoms with van der Waals surface area (Å²) < 4.78 is 0. The van der Waals surface area contributed by atoms with Crippen LogP contribution < -0.4 is 5.32 Å². The Balaban J connectivity index is 1.80. The highest BCUT2D eigenvalue weighted by molar-refractivity contribution is 5.78. The molecular formula is C26H49NO. The molecule has 2 heteroatoms. The Kier molecular flexibility index (Phi) is 13.8. The Morgan fingerprint density at radius 3 is 1.07 bits per heavy atom. The van der Waals surface area contributed by atoms with Gasteiger partial charge in [-0.1, -0.05) is 122 Å². The van der Waals surface area contributed by atoms with Gasteiger partial charge in [-0.05, 0) is 25.7 Å². The molecule has 0 bridgehead atoms. The highest BCUT2D eigenvalue weighted by Gasteiger charge is 2.21. The van der Waals surface area contributed by atoms with Crippen molar-refractivity contribution in [3.63, 3.8) is 0 Å². The van der Waals surface area contributed by atoms with E-state index in [1.54, 1.807) is 0 Å². The van der Waals surface area contributed by atoms with Crippen molar-refractivity contribution < 1.29 is 4.79 Å². The van der Waals surface area contributed by atoms with E-state index in [1.807, 2.05) is 0 Å². The van der Waals surface area contributed by atoms with Gasteiger partial charge in [0.1, 0.15) is 0 Å². The van der Waals surface area contributed by atoms with Gasteiger partial charge in [-0.2, -0.15) is 0 Å². The summed E-state index contributed by atoms with van der Waals surface area (Å²) in [4.78, 5) is 13.1. The fraction of sp³-hybridized carbons (Fsp3) is 0.962. The molecule has 164 valence electrons. The monoisotopic (exact) mass is 391 g/mol. The van der Waals surface area contributed by atoms with E-state index in [0.29, 0.717) is 11.9 Å². The highest BCUT2D eigenvalue weighted by Crippen LogP contribution is 2.23. The molecule has 28 heavy (non-hydrogen) atoms. The summed E-state index contributed by atoms with van der Waals surface area (Å²) in [6.45, 7) is 0. The molecule has 0 unspecified atom stereocenters. The van der Waals surface area contributed by atoms with Gasteiger partial charge in [0.25, 0.3) is 0 Å². The number of carbonyl (C=O) groups is 1. The van der Waals surface area contributed by atoms with Crippen molar-refractivity contribution in [3.05, 3.63) is 0 Å². The largest absolute Gasteiger partial charge is 0.353 e. The van der Waals surface area contributed by atoms with Crippen LogP contribution in [0.4, 0.5) is 0 Å². The van der Waals surface area contributed by atoms with Gasteiger partial charge in [-0.3, -0.25) is 4.79 Å². The molecule has 2 nitrogen and oxygen atoms in total. The molecule has 2 rings (SSSR count). The fourth-order valence-electron chi connectivity index (χ4n) is 5.23. The molecular weight excluding hydrogens is 342 g/mol. The maximum atomic E-state index is 13.1. The van der Waals surface area contributed by atoms with Crippen molar-refractivity contribution >= 4 is 5.91 Å². The van der Waals surface area contributed by atoms with Crippen molar-refractivity contribution in [1.82, 2.24) is 5.32 Å². The van der Waals surface area contributed by atoms with Crippen molar-refractivity contribution in [2.45, 2.75) is 154 Å². The zero-order valence-corrected chi connectivity index (χ0v) is 18.8. The molecule has 2 fully saturated rings. The fourth-order valence-corrected chi connectivity index (χ4v) is 5.23. The molecule has 0 aromatic carbocycles. The van der Waals surface area contributed by atoms with Gasteiger partial charge in [0.2, 0.25) is 5.91 Å². The van der Waals surface area contributed by atoms with Gasteiger partial charge < -0.3 is 5.32 Å². The van der Waals surface area contributed by atoms with Crippen LogP contribution in [-0.4, -0.2) is 11.9 Å². The van der Waals surface area contributed by atoms with Crippen molar-refractivity contribution in [1.29, 1.82) is 0 Å². The molecule has 0 saturated heterocycles. The molecule has 2 saturated carbocycles. The molecule has 0 spiro atoms. The Morgan fingerprint density at radius 2 is 0.714 bits per heavy atom. The quantitative estimate of drug-likeness (QED) is 0.506. The topological polar surface area (TPSA) is 29.1 Å². The van der Waals surface area contributed by atoms with Crippen LogP contribution in [0.25, 0.3) is 0 Å². The Morgan fingerprint density at radius 1 is 0.429 bits per heavy atom. The Labute approximate surface area is 176 Å². The van der Waals surface area contributed by atoms with Crippen LogP contribution in [0.2, 0.25) is 0 Å². The lowest BCUT2D eigenvalue weighted by atomic mass is 9.91. The first-order valence-corrected chi connectivity index (χ1v) is 13.2. The van der Waals surface area contributed by atoms with E-state index in [2.05, 4.69) is 5.32 Å². The average molecular weight is 392 g/mol. The minimum Gasteiger partial charge on any atom is -0.353 e. The van der Waals surface area contributed by atoms with E-state index >= 15 is 0 Å². The molecule has 0 heterocycles. The highest BCUT2D eigenvalue weighted by atomic mass is 16.1. The summed E-state index contributed by atoms with van der Waals surface area (Å²) in [7, 11) is 0. The van der Waals surface area contributed by atoms with Gasteiger partial charge in [0, 0.05) is 12.0 Å². The number of hydrogen-bond donors (Lipinski definition) is 1. The summed E-state index contributed by atoms with van der Waals surface area (Å²) in [5.41, 5.74) is 0. The van der Waals surface area contributed by atoms with E-state index in [-0.39, 0.29) is 5.92 Å². The van der Waals surface area contributed by atoms with Crippen LogP contribution in [0.5, 0.6) is 0 Å². The predicted molar refractivity (Wildman–Crippen MR) is 122 cm³/mol. The molecule has 2 aliphatic rings. The number of hydrogen-bond acceptors (Lipinski definition) is 1. The van der Waals surface area contributed by atoms with Gasteiger partial charge in [-0.15, -0.1) is 0 Å². The molecule has 1 N–H and O–H groups in total. The number of nitrogens with one attached hydrogen (secondary N) is 1. The van der Waals surface area contributed by atoms with E-state index < -0.39 is 0 Å². The van der Waals surface area contributed by atoms with Gasteiger partial charge in [0.15, 0.2) is 0 Å². The molecule has 0 aromatic heterocycles. The van der Waals surface area contributed by atoms with Crippen molar-refractivity contribution in [2.24, 2.45) is 5.92 Å². The second-order valence-electron chi connectivity index (χ2n) is 9.77. The minimum atomic E-state index is 0.281. The van der Waals surface area contributed by atoms with Crippen LogP contribution >= 0.6 is 0 Å². The van der Waals surface area contributed by atoms with E-state index in [9.17, 15) is 4.79 Å². The first-order chi connectivity index (χ1) is 13.9. The lowest BCUT2D eigenvalue weighted by Gasteiger charge is -2.23. The first-order valence-electron chi connectivity index (χ1n) is 13.2. The average Bonchev–Trinajstić information content (AvgIpc) is 2.70. The molecule has 0 aliphatic heterocycles. The molecule has 0 radical (unpaired) electrons. The third kappa shape index (κ3) is 11.5.